The highest BCUT2D eigenvalue weighted by atomic mass is 24.3. The van der Waals surface area contributed by atoms with Crippen LogP contribution < -0.4 is 4.74 Å². The van der Waals surface area contributed by atoms with Crippen LogP contribution in [-0.4, -0.2) is 34.8 Å². The highest BCUT2D eigenvalue weighted by molar-refractivity contribution is 6.15. The smallest absolute Gasteiger partial charge is 0.308 e. The van der Waals surface area contributed by atoms with E-state index in [4.69, 9.17) is 9.15 Å². The molecular weight excluding hydrogens is 292 g/mol. The van der Waals surface area contributed by atoms with Gasteiger partial charge < -0.3 is 9.15 Å². The van der Waals surface area contributed by atoms with Crippen molar-refractivity contribution in [3.63, 3.8) is 0 Å². The van der Waals surface area contributed by atoms with Crippen molar-refractivity contribution in [3.05, 3.63) is 65.9 Å². The number of ketones is 1. The molecule has 5 heteroatoms. The number of esters is 1. The van der Waals surface area contributed by atoms with E-state index in [2.05, 4.69) is 0 Å². The summed E-state index contributed by atoms with van der Waals surface area (Å²) in [5.41, 5.74) is 1.41. The normalized spacial score (nSPS) is 10.0. The molecule has 106 valence electrons. The molecular formula is C17H12MgO4. The lowest BCUT2D eigenvalue weighted by molar-refractivity contribution is -0.131. The number of benzene rings is 2. The van der Waals surface area contributed by atoms with Crippen LogP contribution in [0.5, 0.6) is 5.75 Å². The topological polar surface area (TPSA) is 56.5 Å². The van der Waals surface area contributed by atoms with Crippen LogP contribution >= 0.6 is 0 Å². The molecule has 0 atom stereocenters. The SMILES string of the molecule is CC(=O)Oc1cc(C(=O)c2ccccc2)c2occc2c1.[Mg]. The van der Waals surface area contributed by atoms with E-state index in [1.807, 2.05) is 6.07 Å². The van der Waals surface area contributed by atoms with Crippen molar-refractivity contribution in [3.8, 4) is 5.75 Å². The second-order valence-corrected chi connectivity index (χ2v) is 4.60. The van der Waals surface area contributed by atoms with Gasteiger partial charge >= 0.3 is 5.97 Å². The van der Waals surface area contributed by atoms with Gasteiger partial charge in [0.2, 0.25) is 0 Å². The molecule has 1 aromatic heterocycles. The lowest BCUT2D eigenvalue weighted by Crippen LogP contribution is -2.05. The maximum Gasteiger partial charge on any atom is 0.308 e. The number of hydrogen-bond acceptors (Lipinski definition) is 4. The molecule has 0 amide bonds. The minimum absolute atomic E-state index is 0. The van der Waals surface area contributed by atoms with Crippen LogP contribution in [0.25, 0.3) is 11.0 Å². The molecule has 0 bridgehead atoms. The molecule has 2 aromatic carbocycles. The molecule has 0 fully saturated rings. The lowest BCUT2D eigenvalue weighted by atomic mass is 10.0. The van der Waals surface area contributed by atoms with Crippen molar-refractivity contribution in [2.24, 2.45) is 0 Å². The van der Waals surface area contributed by atoms with E-state index >= 15 is 0 Å². The largest absolute Gasteiger partial charge is 0.464 e. The number of hydrogen-bond donors (Lipinski definition) is 0. The average molecular weight is 305 g/mol. The number of carbonyl (C=O) groups excluding carboxylic acids is 2. The van der Waals surface area contributed by atoms with Gasteiger partial charge in [-0.2, -0.15) is 0 Å². The second-order valence-electron chi connectivity index (χ2n) is 4.60. The van der Waals surface area contributed by atoms with Crippen molar-refractivity contribution < 1.29 is 18.7 Å². The van der Waals surface area contributed by atoms with Gasteiger partial charge in [-0.3, -0.25) is 9.59 Å². The first kappa shape index (κ1) is 16.3. The monoisotopic (exact) mass is 304 g/mol. The van der Waals surface area contributed by atoms with E-state index < -0.39 is 5.97 Å². The fourth-order valence-electron chi connectivity index (χ4n) is 2.19. The Hall–Kier alpha value is -2.11. The standard InChI is InChI=1S/C17H12O4.Mg/c1-11(18)21-14-9-13-7-8-20-17(13)15(10-14)16(19)12-5-3-2-4-6-12;/h2-10H,1H3;. The molecule has 4 nitrogen and oxygen atoms in total. The summed E-state index contributed by atoms with van der Waals surface area (Å²) >= 11 is 0. The summed E-state index contributed by atoms with van der Waals surface area (Å²) in [6.45, 7) is 1.32. The molecule has 0 aliphatic rings. The van der Waals surface area contributed by atoms with Crippen LogP contribution in [0.15, 0.2) is 59.2 Å². The van der Waals surface area contributed by atoms with Gasteiger partial charge in [0.05, 0.1) is 11.8 Å². The number of fused-ring (bicyclic) bond motifs is 1. The molecule has 0 unspecified atom stereocenters. The molecule has 3 rings (SSSR count). The fourth-order valence-corrected chi connectivity index (χ4v) is 2.19. The quantitative estimate of drug-likeness (QED) is 0.323. The highest BCUT2D eigenvalue weighted by Crippen LogP contribution is 2.28. The maximum atomic E-state index is 12.6. The molecule has 3 aromatic rings. The summed E-state index contributed by atoms with van der Waals surface area (Å²) in [4.78, 5) is 23.7. The second kappa shape index (κ2) is 6.76. The van der Waals surface area contributed by atoms with Gasteiger partial charge in [0, 0.05) is 40.9 Å². The van der Waals surface area contributed by atoms with Crippen molar-refractivity contribution in [2.45, 2.75) is 6.92 Å². The zero-order chi connectivity index (χ0) is 14.8. The Morgan fingerprint density at radius 3 is 2.45 bits per heavy atom. The van der Waals surface area contributed by atoms with Crippen molar-refractivity contribution in [1.29, 1.82) is 0 Å². The van der Waals surface area contributed by atoms with E-state index in [1.54, 1.807) is 36.4 Å². The Bertz CT molecular complexity index is 821. The minimum atomic E-state index is -0.434. The van der Waals surface area contributed by atoms with Gasteiger partial charge in [-0.15, -0.1) is 0 Å². The molecule has 0 N–H and O–H groups in total. The Kier molecular flexibility index (Phi) is 5.00. The van der Waals surface area contributed by atoms with E-state index in [0.717, 1.165) is 0 Å². The summed E-state index contributed by atoms with van der Waals surface area (Å²) in [5.74, 6) is -0.281. The van der Waals surface area contributed by atoms with Gasteiger partial charge in [-0.05, 0) is 18.2 Å². The van der Waals surface area contributed by atoms with Gasteiger partial charge in [0.1, 0.15) is 11.3 Å². The van der Waals surface area contributed by atoms with E-state index in [9.17, 15) is 9.59 Å². The fraction of sp³-hybridized carbons (Fsp3) is 0.0588. The number of furan rings is 1. The summed E-state index contributed by atoms with van der Waals surface area (Å²) < 4.78 is 10.5. The Labute approximate surface area is 143 Å². The zero-order valence-corrected chi connectivity index (χ0v) is 13.5. The zero-order valence-electron chi connectivity index (χ0n) is 12.0. The van der Waals surface area contributed by atoms with Crippen LogP contribution in [-0.2, 0) is 4.79 Å². The van der Waals surface area contributed by atoms with Crippen molar-refractivity contribution in [2.75, 3.05) is 0 Å². The Morgan fingerprint density at radius 1 is 1.05 bits per heavy atom. The van der Waals surface area contributed by atoms with E-state index in [0.29, 0.717) is 27.8 Å². The predicted octanol–water partition coefficient (Wildman–Crippen LogP) is 3.21. The minimum Gasteiger partial charge on any atom is -0.464 e. The van der Waals surface area contributed by atoms with Gasteiger partial charge in [0.15, 0.2) is 5.78 Å². The van der Waals surface area contributed by atoms with E-state index in [-0.39, 0.29) is 28.8 Å². The summed E-state index contributed by atoms with van der Waals surface area (Å²) in [5, 5.41) is 0.716. The Morgan fingerprint density at radius 2 is 1.77 bits per heavy atom. The number of carbonyl (C=O) groups is 2. The summed E-state index contributed by atoms with van der Waals surface area (Å²) in [6, 6.07) is 13.8. The molecule has 22 heavy (non-hydrogen) atoms. The predicted molar refractivity (Wildman–Crippen MR) is 83.2 cm³/mol. The van der Waals surface area contributed by atoms with Crippen molar-refractivity contribution in [1.82, 2.24) is 0 Å². The van der Waals surface area contributed by atoms with Gasteiger partial charge in [0.25, 0.3) is 0 Å². The molecule has 0 saturated carbocycles. The first-order chi connectivity index (χ1) is 10.1. The first-order valence-corrected chi connectivity index (χ1v) is 6.44. The molecule has 0 spiro atoms. The molecule has 1 heterocycles. The molecule has 0 aliphatic carbocycles. The highest BCUT2D eigenvalue weighted by Gasteiger charge is 2.17. The maximum absolute atomic E-state index is 12.6. The third-order valence-corrected chi connectivity index (χ3v) is 3.07. The van der Waals surface area contributed by atoms with Gasteiger partial charge in [-0.1, -0.05) is 30.3 Å². The lowest BCUT2D eigenvalue weighted by Gasteiger charge is -2.06. The Balaban J connectivity index is 0.00000176. The van der Waals surface area contributed by atoms with Crippen LogP contribution in [0.3, 0.4) is 0 Å². The summed E-state index contributed by atoms with van der Waals surface area (Å²) in [6.07, 6.45) is 1.50. The number of rotatable bonds is 3. The molecule has 2 radical (unpaired) electrons. The van der Waals surface area contributed by atoms with Crippen molar-refractivity contribution >= 4 is 45.8 Å². The van der Waals surface area contributed by atoms with E-state index in [1.165, 1.54) is 19.3 Å². The average Bonchev–Trinajstić information content (AvgIpc) is 2.94. The first-order valence-electron chi connectivity index (χ1n) is 6.44. The molecule has 0 saturated heterocycles. The van der Waals surface area contributed by atoms with Crippen LogP contribution in [0, 0.1) is 0 Å². The third-order valence-electron chi connectivity index (χ3n) is 3.07. The van der Waals surface area contributed by atoms with Gasteiger partial charge in [-0.25, -0.2) is 0 Å². The van der Waals surface area contributed by atoms with Crippen LogP contribution in [0.2, 0.25) is 0 Å². The van der Waals surface area contributed by atoms with Crippen LogP contribution in [0.4, 0.5) is 0 Å². The van der Waals surface area contributed by atoms with Crippen LogP contribution in [0.1, 0.15) is 22.8 Å². The number of ether oxygens (including phenoxy) is 1. The third kappa shape index (κ3) is 3.21. The summed E-state index contributed by atoms with van der Waals surface area (Å²) in [7, 11) is 0. The molecule has 0 aliphatic heterocycles.